The predicted molar refractivity (Wildman–Crippen MR) is 93.6 cm³/mol. The quantitative estimate of drug-likeness (QED) is 0.911. The Morgan fingerprint density at radius 2 is 1.75 bits per heavy atom. The molecule has 2 aliphatic rings. The van der Waals surface area contributed by atoms with Crippen LogP contribution in [0.5, 0.6) is 0 Å². The molecule has 24 heavy (non-hydrogen) atoms. The molecule has 1 aliphatic carbocycles. The molecule has 1 atom stereocenters. The van der Waals surface area contributed by atoms with E-state index in [1.807, 2.05) is 24.3 Å². The minimum Gasteiger partial charge on any atom is -0.388 e. The van der Waals surface area contributed by atoms with Gasteiger partial charge in [0, 0.05) is 12.1 Å². The highest BCUT2D eigenvalue weighted by Gasteiger charge is 2.32. The highest BCUT2D eigenvalue weighted by molar-refractivity contribution is 7.92. The van der Waals surface area contributed by atoms with Crippen LogP contribution in [-0.2, 0) is 22.9 Å². The summed E-state index contributed by atoms with van der Waals surface area (Å²) in [6.45, 7) is 0.303. The Hall–Kier alpha value is -1.85. The second kappa shape index (κ2) is 5.90. The van der Waals surface area contributed by atoms with Gasteiger partial charge in [-0.2, -0.15) is 0 Å². The van der Waals surface area contributed by atoms with E-state index in [9.17, 15) is 13.5 Å². The summed E-state index contributed by atoms with van der Waals surface area (Å²) in [5.41, 5.74) is 3.71. The number of benzene rings is 2. The average Bonchev–Trinajstić information content (AvgIpc) is 2.61. The van der Waals surface area contributed by atoms with E-state index in [1.165, 1.54) is 16.3 Å². The number of para-hydroxylation sites is 1. The fourth-order valence-electron chi connectivity index (χ4n) is 3.76. The van der Waals surface area contributed by atoms with E-state index in [2.05, 4.69) is 0 Å². The number of sulfonamides is 1. The van der Waals surface area contributed by atoms with Gasteiger partial charge >= 0.3 is 0 Å². The molecule has 4 rings (SSSR count). The number of fused-ring (bicyclic) bond motifs is 2. The monoisotopic (exact) mass is 343 g/mol. The number of nitrogens with zero attached hydrogens (tertiary/aromatic N) is 1. The first-order valence-corrected chi connectivity index (χ1v) is 9.93. The summed E-state index contributed by atoms with van der Waals surface area (Å²) >= 11 is 0. The van der Waals surface area contributed by atoms with Crippen LogP contribution < -0.4 is 4.31 Å². The molecular weight excluding hydrogens is 322 g/mol. The van der Waals surface area contributed by atoms with Crippen molar-refractivity contribution in [1.82, 2.24) is 0 Å². The standard InChI is InChI=1S/C19H21NO3S/c21-19-11-12-20(18-8-4-3-7-17(18)19)24(22,23)16-10-9-14-5-1-2-6-15(14)13-16/h3-4,7-10,13,19,21H,1-2,5-6,11-12H2. The van der Waals surface area contributed by atoms with Crippen LogP contribution in [0.25, 0.3) is 0 Å². The minimum absolute atomic E-state index is 0.303. The van der Waals surface area contributed by atoms with Gasteiger partial charge < -0.3 is 5.11 Å². The van der Waals surface area contributed by atoms with Gasteiger partial charge in [-0.25, -0.2) is 8.42 Å². The SMILES string of the molecule is O=S(=O)(c1ccc2c(c1)CCCC2)N1CCC(O)c2ccccc21. The summed E-state index contributed by atoms with van der Waals surface area (Å²) in [5.74, 6) is 0. The van der Waals surface area contributed by atoms with E-state index in [-0.39, 0.29) is 0 Å². The number of rotatable bonds is 2. The summed E-state index contributed by atoms with van der Waals surface area (Å²) < 4.78 is 27.8. The Labute approximate surface area is 142 Å². The van der Waals surface area contributed by atoms with Crippen LogP contribution in [-0.4, -0.2) is 20.1 Å². The molecule has 126 valence electrons. The summed E-state index contributed by atoms with van der Waals surface area (Å²) in [7, 11) is -3.61. The lowest BCUT2D eigenvalue weighted by atomic mass is 9.92. The highest BCUT2D eigenvalue weighted by atomic mass is 32.2. The van der Waals surface area contributed by atoms with Crippen LogP contribution >= 0.6 is 0 Å². The summed E-state index contributed by atoms with van der Waals surface area (Å²) in [4.78, 5) is 0.356. The van der Waals surface area contributed by atoms with Crippen molar-refractivity contribution >= 4 is 15.7 Å². The molecule has 2 aromatic rings. The number of aryl methyl sites for hydroxylation is 2. The molecule has 1 heterocycles. The maximum atomic E-state index is 13.2. The van der Waals surface area contributed by atoms with Crippen LogP contribution in [0, 0.1) is 0 Å². The first-order chi connectivity index (χ1) is 11.6. The van der Waals surface area contributed by atoms with Crippen molar-refractivity contribution in [3.05, 3.63) is 59.2 Å². The second-order valence-electron chi connectivity index (χ2n) is 6.58. The van der Waals surface area contributed by atoms with E-state index in [4.69, 9.17) is 0 Å². The first kappa shape index (κ1) is 15.7. The molecule has 1 aliphatic heterocycles. The lowest BCUT2D eigenvalue weighted by Gasteiger charge is -2.33. The molecule has 0 amide bonds. The third-order valence-corrected chi connectivity index (χ3v) is 6.89. The molecule has 4 nitrogen and oxygen atoms in total. The third-order valence-electron chi connectivity index (χ3n) is 5.08. The van der Waals surface area contributed by atoms with E-state index >= 15 is 0 Å². The van der Waals surface area contributed by atoms with E-state index in [0.717, 1.165) is 24.8 Å². The van der Waals surface area contributed by atoms with Crippen LogP contribution in [0.2, 0.25) is 0 Å². The Kier molecular flexibility index (Phi) is 3.85. The average molecular weight is 343 g/mol. The molecule has 0 bridgehead atoms. The van der Waals surface area contributed by atoms with Gasteiger partial charge in [0.05, 0.1) is 16.7 Å². The Morgan fingerprint density at radius 3 is 2.58 bits per heavy atom. The second-order valence-corrected chi connectivity index (χ2v) is 8.44. The largest absolute Gasteiger partial charge is 0.388 e. The van der Waals surface area contributed by atoms with Gasteiger partial charge in [-0.15, -0.1) is 0 Å². The van der Waals surface area contributed by atoms with E-state index < -0.39 is 16.1 Å². The van der Waals surface area contributed by atoms with Crippen LogP contribution in [0.4, 0.5) is 5.69 Å². The number of anilines is 1. The zero-order valence-corrected chi connectivity index (χ0v) is 14.3. The normalized spacial score (nSPS) is 20.4. The van der Waals surface area contributed by atoms with Gasteiger partial charge in [0.25, 0.3) is 10.0 Å². The minimum atomic E-state index is -3.61. The molecule has 5 heteroatoms. The van der Waals surface area contributed by atoms with Gasteiger partial charge in [0.2, 0.25) is 0 Å². The Balaban J connectivity index is 1.77. The van der Waals surface area contributed by atoms with Crippen molar-refractivity contribution < 1.29 is 13.5 Å². The Bertz CT molecular complexity index is 876. The molecule has 0 aromatic heterocycles. The van der Waals surface area contributed by atoms with Gasteiger partial charge in [-0.05, 0) is 61.4 Å². The predicted octanol–water partition coefficient (Wildman–Crippen LogP) is 3.20. The molecule has 0 spiro atoms. The third kappa shape index (κ3) is 2.52. The number of hydrogen-bond acceptors (Lipinski definition) is 3. The molecular formula is C19H21NO3S. The van der Waals surface area contributed by atoms with Crippen LogP contribution in [0.15, 0.2) is 47.4 Å². The molecule has 2 aromatic carbocycles. The molecule has 1 N–H and O–H groups in total. The smallest absolute Gasteiger partial charge is 0.264 e. The van der Waals surface area contributed by atoms with E-state index in [1.54, 1.807) is 18.2 Å². The van der Waals surface area contributed by atoms with Crippen LogP contribution in [0.1, 0.15) is 42.1 Å². The van der Waals surface area contributed by atoms with Crippen molar-refractivity contribution in [3.8, 4) is 0 Å². The van der Waals surface area contributed by atoms with Gasteiger partial charge in [0.15, 0.2) is 0 Å². The maximum absolute atomic E-state index is 13.2. The maximum Gasteiger partial charge on any atom is 0.264 e. The molecule has 0 saturated heterocycles. The van der Waals surface area contributed by atoms with E-state index in [0.29, 0.717) is 29.1 Å². The number of aliphatic hydroxyl groups is 1. The lowest BCUT2D eigenvalue weighted by Crippen LogP contribution is -2.36. The fourth-order valence-corrected chi connectivity index (χ4v) is 5.32. The van der Waals surface area contributed by atoms with Gasteiger partial charge in [-0.1, -0.05) is 24.3 Å². The number of hydrogen-bond donors (Lipinski definition) is 1. The molecule has 0 radical (unpaired) electrons. The van der Waals surface area contributed by atoms with Crippen molar-refractivity contribution in [2.45, 2.75) is 43.1 Å². The molecule has 0 saturated carbocycles. The van der Waals surface area contributed by atoms with Crippen molar-refractivity contribution in [2.75, 3.05) is 10.8 Å². The highest BCUT2D eigenvalue weighted by Crippen LogP contribution is 2.37. The fraction of sp³-hybridized carbons (Fsp3) is 0.368. The van der Waals surface area contributed by atoms with Crippen LogP contribution in [0.3, 0.4) is 0 Å². The molecule has 0 fully saturated rings. The van der Waals surface area contributed by atoms with Crippen molar-refractivity contribution in [1.29, 1.82) is 0 Å². The van der Waals surface area contributed by atoms with Gasteiger partial charge in [0.1, 0.15) is 0 Å². The van der Waals surface area contributed by atoms with Crippen molar-refractivity contribution in [2.24, 2.45) is 0 Å². The summed E-state index contributed by atoms with van der Waals surface area (Å²) in [6.07, 6.45) is 4.10. The zero-order valence-electron chi connectivity index (χ0n) is 13.5. The first-order valence-electron chi connectivity index (χ1n) is 8.49. The summed E-state index contributed by atoms with van der Waals surface area (Å²) in [6, 6.07) is 12.8. The Morgan fingerprint density at radius 1 is 1.00 bits per heavy atom. The topological polar surface area (TPSA) is 57.6 Å². The molecule has 1 unspecified atom stereocenters. The zero-order chi connectivity index (χ0) is 16.7. The lowest BCUT2D eigenvalue weighted by molar-refractivity contribution is 0.166. The van der Waals surface area contributed by atoms with Gasteiger partial charge in [-0.3, -0.25) is 4.31 Å². The number of aliphatic hydroxyl groups excluding tert-OH is 1. The summed E-state index contributed by atoms with van der Waals surface area (Å²) in [5, 5.41) is 10.2. The van der Waals surface area contributed by atoms with Crippen molar-refractivity contribution in [3.63, 3.8) is 0 Å².